The Morgan fingerprint density at radius 2 is 2.05 bits per heavy atom. The van der Waals surface area contributed by atoms with E-state index >= 15 is 0 Å². The van der Waals surface area contributed by atoms with Gasteiger partial charge < -0.3 is 21.1 Å². The molecule has 1 aliphatic heterocycles. The fourth-order valence-corrected chi connectivity index (χ4v) is 2.74. The molecule has 0 aliphatic carbocycles. The second-order valence-electron chi connectivity index (χ2n) is 5.52. The first kappa shape index (κ1) is 14.6. The number of ether oxygens (including phenoxy) is 1. The fraction of sp³-hybridized carbons (Fsp3) is 0.375. The summed E-state index contributed by atoms with van der Waals surface area (Å²) in [6.07, 6.45) is 3.75. The van der Waals surface area contributed by atoms with Gasteiger partial charge in [0.15, 0.2) is 0 Å². The smallest absolute Gasteiger partial charge is 0.220 e. The van der Waals surface area contributed by atoms with Crippen molar-refractivity contribution in [3.63, 3.8) is 0 Å². The topological polar surface area (TPSA) is 90.3 Å². The lowest BCUT2D eigenvalue weighted by Gasteiger charge is -2.32. The van der Waals surface area contributed by atoms with Gasteiger partial charge in [0.1, 0.15) is 5.75 Å². The van der Waals surface area contributed by atoms with E-state index in [4.69, 9.17) is 16.2 Å². The Labute approximate surface area is 130 Å². The fourth-order valence-electron chi connectivity index (χ4n) is 2.74. The average molecular weight is 299 g/mol. The molecular weight excluding hydrogens is 278 g/mol. The highest BCUT2D eigenvalue weighted by Gasteiger charge is 2.20. The number of nitrogens with two attached hydrogens (primary N) is 2. The molecule has 1 aromatic heterocycles. The first-order valence-electron chi connectivity index (χ1n) is 7.45. The Bertz CT molecular complexity index is 653. The minimum Gasteiger partial charge on any atom is -0.497 e. The van der Waals surface area contributed by atoms with Gasteiger partial charge in [-0.25, -0.2) is 9.97 Å². The molecule has 2 aromatic rings. The van der Waals surface area contributed by atoms with Crippen molar-refractivity contribution < 1.29 is 4.74 Å². The normalized spacial score (nSPS) is 15.8. The number of hydrogen-bond acceptors (Lipinski definition) is 6. The summed E-state index contributed by atoms with van der Waals surface area (Å²) in [4.78, 5) is 10.9. The number of benzene rings is 1. The lowest BCUT2D eigenvalue weighted by molar-refractivity contribution is 0.415. The van der Waals surface area contributed by atoms with Crippen LogP contribution in [-0.4, -0.2) is 36.2 Å². The van der Waals surface area contributed by atoms with Crippen molar-refractivity contribution in [1.82, 2.24) is 9.97 Å². The minimum absolute atomic E-state index is 0.273. The van der Waals surface area contributed by atoms with Crippen molar-refractivity contribution in [2.24, 2.45) is 5.73 Å². The third-order valence-corrected chi connectivity index (χ3v) is 4.01. The number of piperidine rings is 1. The van der Waals surface area contributed by atoms with E-state index in [1.165, 1.54) is 0 Å². The van der Waals surface area contributed by atoms with Crippen molar-refractivity contribution in [2.45, 2.75) is 18.9 Å². The van der Waals surface area contributed by atoms with Crippen LogP contribution in [0.5, 0.6) is 5.75 Å². The molecular formula is C16H21N5O. The van der Waals surface area contributed by atoms with Gasteiger partial charge in [0, 0.05) is 24.7 Å². The maximum absolute atomic E-state index is 5.99. The number of nitrogens with zero attached hydrogens (tertiary/aromatic N) is 3. The second-order valence-corrected chi connectivity index (χ2v) is 5.52. The molecule has 1 saturated heterocycles. The van der Waals surface area contributed by atoms with Crippen LogP contribution in [0.4, 0.5) is 11.6 Å². The van der Waals surface area contributed by atoms with Crippen LogP contribution in [0, 0.1) is 0 Å². The van der Waals surface area contributed by atoms with Gasteiger partial charge in [-0.15, -0.1) is 0 Å². The lowest BCUT2D eigenvalue weighted by Crippen LogP contribution is -2.40. The summed E-state index contributed by atoms with van der Waals surface area (Å²) < 4.78 is 5.30. The molecule has 22 heavy (non-hydrogen) atoms. The number of aromatic nitrogens is 2. The number of nitrogen functional groups attached to an aromatic ring is 1. The van der Waals surface area contributed by atoms with Crippen molar-refractivity contribution >= 4 is 11.6 Å². The van der Waals surface area contributed by atoms with Gasteiger partial charge >= 0.3 is 0 Å². The number of hydrogen-bond donors (Lipinski definition) is 2. The molecule has 0 radical (unpaired) electrons. The van der Waals surface area contributed by atoms with Crippen LogP contribution in [-0.2, 0) is 0 Å². The Hall–Kier alpha value is -2.34. The van der Waals surface area contributed by atoms with E-state index in [9.17, 15) is 0 Å². The quantitative estimate of drug-likeness (QED) is 0.896. The molecule has 1 aromatic carbocycles. The van der Waals surface area contributed by atoms with Crippen molar-refractivity contribution in [1.29, 1.82) is 0 Å². The van der Waals surface area contributed by atoms with E-state index < -0.39 is 0 Å². The summed E-state index contributed by atoms with van der Waals surface area (Å²) in [5.74, 6) is 1.07. The molecule has 116 valence electrons. The highest BCUT2D eigenvalue weighted by Crippen LogP contribution is 2.32. The molecule has 1 aliphatic rings. The third-order valence-electron chi connectivity index (χ3n) is 4.01. The summed E-state index contributed by atoms with van der Waals surface area (Å²) in [7, 11) is 1.65. The largest absolute Gasteiger partial charge is 0.497 e. The number of rotatable bonds is 3. The Morgan fingerprint density at radius 3 is 2.77 bits per heavy atom. The molecule has 1 fully saturated rings. The maximum atomic E-state index is 5.99. The molecule has 4 N–H and O–H groups in total. The Balaban J connectivity index is 2.00. The lowest BCUT2D eigenvalue weighted by atomic mass is 10.0. The van der Waals surface area contributed by atoms with Crippen LogP contribution in [0.25, 0.3) is 11.3 Å². The second kappa shape index (κ2) is 6.19. The SMILES string of the molecule is COc1cccc(-c2nc(N)ncc2N2CCC(N)CC2)c1. The van der Waals surface area contributed by atoms with Gasteiger partial charge in [-0.2, -0.15) is 0 Å². The molecule has 3 rings (SSSR count). The minimum atomic E-state index is 0.273. The van der Waals surface area contributed by atoms with E-state index in [0.717, 1.165) is 48.6 Å². The molecule has 0 spiro atoms. The van der Waals surface area contributed by atoms with E-state index in [1.54, 1.807) is 13.3 Å². The van der Waals surface area contributed by atoms with Gasteiger partial charge in [0.2, 0.25) is 5.95 Å². The van der Waals surface area contributed by atoms with Crippen molar-refractivity contribution in [3.05, 3.63) is 30.5 Å². The van der Waals surface area contributed by atoms with Crippen LogP contribution in [0.2, 0.25) is 0 Å². The Morgan fingerprint density at radius 1 is 1.27 bits per heavy atom. The van der Waals surface area contributed by atoms with E-state index in [0.29, 0.717) is 0 Å². The standard InChI is InChI=1S/C16H21N5O/c1-22-13-4-2-3-11(9-13)15-14(10-19-16(18)20-15)21-7-5-12(17)6-8-21/h2-4,9-10,12H,5-8,17H2,1H3,(H2,18,19,20). The van der Waals surface area contributed by atoms with Crippen LogP contribution < -0.4 is 21.1 Å². The highest BCUT2D eigenvalue weighted by atomic mass is 16.5. The van der Waals surface area contributed by atoms with Gasteiger partial charge in [0.25, 0.3) is 0 Å². The van der Waals surface area contributed by atoms with Crippen LogP contribution in [0.15, 0.2) is 30.5 Å². The van der Waals surface area contributed by atoms with Gasteiger partial charge in [-0.3, -0.25) is 0 Å². The average Bonchev–Trinajstić information content (AvgIpc) is 2.56. The molecule has 6 nitrogen and oxygen atoms in total. The summed E-state index contributed by atoms with van der Waals surface area (Å²) in [6.45, 7) is 1.82. The first-order valence-corrected chi connectivity index (χ1v) is 7.45. The van der Waals surface area contributed by atoms with E-state index in [-0.39, 0.29) is 12.0 Å². The predicted molar refractivity (Wildman–Crippen MR) is 87.9 cm³/mol. The molecule has 0 atom stereocenters. The molecule has 0 saturated carbocycles. The maximum Gasteiger partial charge on any atom is 0.220 e. The summed E-state index contributed by atoms with van der Waals surface area (Å²) >= 11 is 0. The van der Waals surface area contributed by atoms with Crippen molar-refractivity contribution in [3.8, 4) is 17.0 Å². The molecule has 0 bridgehead atoms. The molecule has 6 heteroatoms. The summed E-state index contributed by atoms with van der Waals surface area (Å²) in [6, 6.07) is 8.10. The van der Waals surface area contributed by atoms with E-state index in [1.807, 2.05) is 24.3 Å². The zero-order valence-electron chi connectivity index (χ0n) is 12.7. The van der Waals surface area contributed by atoms with Gasteiger partial charge in [0.05, 0.1) is 24.7 Å². The van der Waals surface area contributed by atoms with Crippen LogP contribution in [0.3, 0.4) is 0 Å². The first-order chi connectivity index (χ1) is 10.7. The number of anilines is 2. The van der Waals surface area contributed by atoms with Gasteiger partial charge in [-0.05, 0) is 25.0 Å². The summed E-state index contributed by atoms with van der Waals surface area (Å²) in [5, 5.41) is 0. The highest BCUT2D eigenvalue weighted by molar-refractivity contribution is 5.76. The molecule has 2 heterocycles. The van der Waals surface area contributed by atoms with Gasteiger partial charge in [-0.1, -0.05) is 12.1 Å². The predicted octanol–water partition coefficient (Wildman–Crippen LogP) is 1.66. The molecule has 0 amide bonds. The number of methoxy groups -OCH3 is 1. The van der Waals surface area contributed by atoms with E-state index in [2.05, 4.69) is 14.9 Å². The Kier molecular flexibility index (Phi) is 4.11. The summed E-state index contributed by atoms with van der Waals surface area (Å²) in [5.41, 5.74) is 14.6. The zero-order valence-corrected chi connectivity index (χ0v) is 12.7. The zero-order chi connectivity index (χ0) is 15.5. The van der Waals surface area contributed by atoms with Crippen molar-refractivity contribution in [2.75, 3.05) is 30.8 Å². The third kappa shape index (κ3) is 2.96. The monoisotopic (exact) mass is 299 g/mol. The molecule has 0 unspecified atom stereocenters. The van der Waals surface area contributed by atoms with Crippen LogP contribution >= 0.6 is 0 Å². The van der Waals surface area contributed by atoms with Crippen LogP contribution in [0.1, 0.15) is 12.8 Å².